The number of aromatic nitrogens is 2. The number of nitrogens with one attached hydrogen (secondary N) is 1. The van der Waals surface area contributed by atoms with Gasteiger partial charge in [-0.05, 0) is 51.3 Å². The molecule has 1 fully saturated rings. The van der Waals surface area contributed by atoms with Crippen LogP contribution in [-0.2, 0) is 19.5 Å². The minimum absolute atomic E-state index is 0.592. The molecule has 1 aromatic heterocycles. The molecule has 0 aromatic carbocycles. The first-order valence-corrected chi connectivity index (χ1v) is 8.63. The number of hydrogen-bond donors (Lipinski definition) is 1. The molecular formula is C17H32N4. The fourth-order valence-electron chi connectivity index (χ4n) is 3.18. The van der Waals surface area contributed by atoms with E-state index >= 15 is 0 Å². The predicted molar refractivity (Wildman–Crippen MR) is 88.4 cm³/mol. The van der Waals surface area contributed by atoms with Crippen molar-refractivity contribution >= 4 is 0 Å². The summed E-state index contributed by atoms with van der Waals surface area (Å²) in [4.78, 5) is 2.61. The number of nitrogens with zero attached hydrogens (tertiary/aromatic N) is 3. The van der Waals surface area contributed by atoms with Crippen molar-refractivity contribution in [1.29, 1.82) is 0 Å². The van der Waals surface area contributed by atoms with Gasteiger partial charge in [-0.1, -0.05) is 20.8 Å². The van der Waals surface area contributed by atoms with Crippen molar-refractivity contribution in [3.05, 3.63) is 17.5 Å². The standard InChI is InChI=1S/C17H32N4/c1-5-16-10-17(21(6-2)19-16)13-20-9-7-8-15(12-20)11-18-14(3)4/h10,14-15,18H,5-9,11-13H2,1-4H3. The summed E-state index contributed by atoms with van der Waals surface area (Å²) in [6.07, 6.45) is 3.72. The molecule has 1 aliphatic heterocycles. The summed E-state index contributed by atoms with van der Waals surface area (Å²) in [7, 11) is 0. The van der Waals surface area contributed by atoms with E-state index in [2.05, 4.69) is 53.8 Å². The van der Waals surface area contributed by atoms with E-state index < -0.39 is 0 Å². The van der Waals surface area contributed by atoms with Crippen LogP contribution in [0, 0.1) is 5.92 Å². The monoisotopic (exact) mass is 292 g/mol. The topological polar surface area (TPSA) is 33.1 Å². The van der Waals surface area contributed by atoms with Gasteiger partial charge in [-0.25, -0.2) is 0 Å². The van der Waals surface area contributed by atoms with Gasteiger partial charge in [0.05, 0.1) is 11.4 Å². The van der Waals surface area contributed by atoms with Crippen molar-refractivity contribution in [1.82, 2.24) is 20.0 Å². The minimum atomic E-state index is 0.592. The third kappa shape index (κ3) is 4.82. The summed E-state index contributed by atoms with van der Waals surface area (Å²) in [5, 5.41) is 8.26. The molecule has 4 nitrogen and oxygen atoms in total. The van der Waals surface area contributed by atoms with Gasteiger partial charge in [-0.2, -0.15) is 5.10 Å². The molecule has 1 saturated heterocycles. The zero-order valence-electron chi connectivity index (χ0n) is 14.2. The zero-order chi connectivity index (χ0) is 15.2. The average Bonchev–Trinajstić information content (AvgIpc) is 2.87. The summed E-state index contributed by atoms with van der Waals surface area (Å²) in [6, 6.07) is 2.88. The van der Waals surface area contributed by atoms with E-state index in [1.807, 2.05) is 0 Å². The molecule has 1 aromatic rings. The second kappa shape index (κ2) is 7.95. The van der Waals surface area contributed by atoms with Crippen LogP contribution < -0.4 is 5.32 Å². The molecule has 1 unspecified atom stereocenters. The Morgan fingerprint density at radius 3 is 2.86 bits per heavy atom. The fourth-order valence-corrected chi connectivity index (χ4v) is 3.18. The van der Waals surface area contributed by atoms with Crippen LogP contribution in [0.4, 0.5) is 0 Å². The van der Waals surface area contributed by atoms with Crippen molar-refractivity contribution in [3.63, 3.8) is 0 Å². The van der Waals surface area contributed by atoms with E-state index in [1.54, 1.807) is 0 Å². The lowest BCUT2D eigenvalue weighted by Gasteiger charge is -2.33. The molecule has 1 atom stereocenters. The lowest BCUT2D eigenvalue weighted by atomic mass is 9.97. The van der Waals surface area contributed by atoms with Crippen LogP contribution in [0.2, 0.25) is 0 Å². The summed E-state index contributed by atoms with van der Waals surface area (Å²) in [5.41, 5.74) is 2.61. The lowest BCUT2D eigenvalue weighted by molar-refractivity contribution is 0.160. The summed E-state index contributed by atoms with van der Waals surface area (Å²) < 4.78 is 2.18. The van der Waals surface area contributed by atoms with E-state index in [1.165, 1.54) is 37.3 Å². The lowest BCUT2D eigenvalue weighted by Crippen LogP contribution is -2.40. The van der Waals surface area contributed by atoms with Crippen LogP contribution in [0.1, 0.15) is 51.9 Å². The maximum atomic E-state index is 4.67. The third-order valence-electron chi connectivity index (χ3n) is 4.38. The number of likely N-dealkylation sites (tertiary alicyclic amines) is 1. The van der Waals surface area contributed by atoms with Crippen LogP contribution >= 0.6 is 0 Å². The Balaban J connectivity index is 1.91. The predicted octanol–water partition coefficient (Wildman–Crippen LogP) is 2.68. The van der Waals surface area contributed by atoms with Gasteiger partial charge in [-0.15, -0.1) is 0 Å². The molecule has 2 rings (SSSR count). The van der Waals surface area contributed by atoms with E-state index in [0.29, 0.717) is 6.04 Å². The van der Waals surface area contributed by atoms with Gasteiger partial charge in [0.25, 0.3) is 0 Å². The van der Waals surface area contributed by atoms with E-state index in [4.69, 9.17) is 0 Å². The van der Waals surface area contributed by atoms with E-state index in [-0.39, 0.29) is 0 Å². The molecule has 0 saturated carbocycles. The van der Waals surface area contributed by atoms with Crippen LogP contribution in [0.25, 0.3) is 0 Å². The molecule has 0 aliphatic carbocycles. The SMILES string of the molecule is CCc1cc(CN2CCCC(CNC(C)C)C2)n(CC)n1. The van der Waals surface area contributed by atoms with Gasteiger partial charge in [0, 0.05) is 25.7 Å². The highest BCUT2D eigenvalue weighted by Crippen LogP contribution is 2.19. The van der Waals surface area contributed by atoms with Crippen LogP contribution in [0.15, 0.2) is 6.07 Å². The Bertz CT molecular complexity index is 424. The summed E-state index contributed by atoms with van der Waals surface area (Å²) in [6.45, 7) is 14.5. The number of rotatable bonds is 7. The van der Waals surface area contributed by atoms with Gasteiger partial charge in [0.15, 0.2) is 0 Å². The third-order valence-corrected chi connectivity index (χ3v) is 4.38. The zero-order valence-corrected chi connectivity index (χ0v) is 14.2. The molecule has 0 amide bonds. The van der Waals surface area contributed by atoms with Crippen molar-refractivity contribution in [2.45, 2.75) is 66.1 Å². The van der Waals surface area contributed by atoms with Crippen molar-refractivity contribution in [2.24, 2.45) is 5.92 Å². The normalized spacial score (nSPS) is 20.3. The largest absolute Gasteiger partial charge is 0.314 e. The first kappa shape index (κ1) is 16.5. The maximum absolute atomic E-state index is 4.67. The number of hydrogen-bond acceptors (Lipinski definition) is 3. The molecule has 120 valence electrons. The Kier molecular flexibility index (Phi) is 6.24. The highest BCUT2D eigenvalue weighted by molar-refractivity contribution is 5.10. The molecule has 4 heteroatoms. The summed E-state index contributed by atoms with van der Waals surface area (Å²) >= 11 is 0. The van der Waals surface area contributed by atoms with Crippen molar-refractivity contribution in [2.75, 3.05) is 19.6 Å². The molecule has 0 spiro atoms. The second-order valence-electron chi connectivity index (χ2n) is 6.60. The number of piperidine rings is 1. The highest BCUT2D eigenvalue weighted by atomic mass is 15.3. The van der Waals surface area contributed by atoms with Gasteiger partial charge >= 0.3 is 0 Å². The fraction of sp³-hybridized carbons (Fsp3) is 0.824. The van der Waals surface area contributed by atoms with Gasteiger partial charge < -0.3 is 5.32 Å². The number of aryl methyl sites for hydroxylation is 2. The smallest absolute Gasteiger partial charge is 0.0625 e. The Morgan fingerprint density at radius 2 is 2.19 bits per heavy atom. The highest BCUT2D eigenvalue weighted by Gasteiger charge is 2.21. The molecule has 2 heterocycles. The molecule has 0 bridgehead atoms. The van der Waals surface area contributed by atoms with Crippen LogP contribution in [0.3, 0.4) is 0 Å². The minimum Gasteiger partial charge on any atom is -0.314 e. The van der Waals surface area contributed by atoms with Crippen molar-refractivity contribution < 1.29 is 0 Å². The van der Waals surface area contributed by atoms with Gasteiger partial charge in [0.1, 0.15) is 0 Å². The first-order valence-electron chi connectivity index (χ1n) is 8.63. The van der Waals surface area contributed by atoms with E-state index in [0.717, 1.165) is 32.0 Å². The first-order chi connectivity index (χ1) is 10.1. The quantitative estimate of drug-likeness (QED) is 0.839. The Hall–Kier alpha value is -0.870. The Labute approximate surface area is 129 Å². The maximum Gasteiger partial charge on any atom is 0.0625 e. The van der Waals surface area contributed by atoms with Crippen LogP contribution in [-0.4, -0.2) is 40.4 Å². The van der Waals surface area contributed by atoms with Gasteiger partial charge in [-0.3, -0.25) is 9.58 Å². The second-order valence-corrected chi connectivity index (χ2v) is 6.60. The molecule has 1 aliphatic rings. The molecule has 0 radical (unpaired) electrons. The Morgan fingerprint density at radius 1 is 1.38 bits per heavy atom. The van der Waals surface area contributed by atoms with Crippen molar-refractivity contribution in [3.8, 4) is 0 Å². The molecular weight excluding hydrogens is 260 g/mol. The molecule has 1 N–H and O–H groups in total. The van der Waals surface area contributed by atoms with Crippen LogP contribution in [0.5, 0.6) is 0 Å². The molecule has 21 heavy (non-hydrogen) atoms. The summed E-state index contributed by atoms with van der Waals surface area (Å²) in [5.74, 6) is 0.796. The average molecular weight is 292 g/mol. The van der Waals surface area contributed by atoms with Gasteiger partial charge in [0.2, 0.25) is 0 Å². The van der Waals surface area contributed by atoms with E-state index in [9.17, 15) is 0 Å².